The van der Waals surface area contributed by atoms with E-state index >= 15 is 0 Å². The Morgan fingerprint density at radius 2 is 2.20 bits per heavy atom. The van der Waals surface area contributed by atoms with Crippen LogP contribution in [0.1, 0.15) is 21.7 Å². The van der Waals surface area contributed by atoms with Gasteiger partial charge in [0.1, 0.15) is 16.8 Å². The molecule has 0 unspecified atom stereocenters. The molecule has 0 bridgehead atoms. The van der Waals surface area contributed by atoms with E-state index in [0.29, 0.717) is 33.7 Å². The van der Waals surface area contributed by atoms with E-state index < -0.39 is 0 Å². The van der Waals surface area contributed by atoms with Crippen LogP contribution in [-0.4, -0.2) is 16.3 Å². The van der Waals surface area contributed by atoms with Crippen molar-refractivity contribution in [1.82, 2.24) is 9.97 Å². The van der Waals surface area contributed by atoms with Crippen LogP contribution in [0.4, 0.5) is 11.5 Å². The van der Waals surface area contributed by atoms with Crippen molar-refractivity contribution in [3.05, 3.63) is 44.8 Å². The van der Waals surface area contributed by atoms with Gasteiger partial charge in [0.15, 0.2) is 6.29 Å². The molecule has 0 aliphatic carbocycles. The molecule has 0 spiro atoms. The van der Waals surface area contributed by atoms with E-state index in [1.807, 2.05) is 6.07 Å². The van der Waals surface area contributed by atoms with Crippen molar-refractivity contribution in [3.8, 4) is 6.07 Å². The summed E-state index contributed by atoms with van der Waals surface area (Å²) >= 11 is 9.26. The fourth-order valence-corrected chi connectivity index (χ4v) is 2.29. The van der Waals surface area contributed by atoms with Crippen LogP contribution in [0.2, 0.25) is 5.15 Å². The van der Waals surface area contributed by atoms with Crippen molar-refractivity contribution < 1.29 is 4.79 Å². The summed E-state index contributed by atoms with van der Waals surface area (Å²) in [4.78, 5) is 19.2. The Balaban J connectivity index is 2.45. The summed E-state index contributed by atoms with van der Waals surface area (Å²) in [5.74, 6) is 0.774. The third-order valence-electron chi connectivity index (χ3n) is 2.48. The first-order valence-corrected chi connectivity index (χ1v) is 6.68. The molecule has 1 aromatic heterocycles. The highest BCUT2D eigenvalue weighted by atomic mass is 79.9. The molecule has 7 heteroatoms. The van der Waals surface area contributed by atoms with Crippen molar-refractivity contribution in [2.24, 2.45) is 0 Å². The minimum Gasteiger partial charge on any atom is -0.339 e. The predicted octanol–water partition coefficient (Wildman–Crippen LogP) is 3.63. The van der Waals surface area contributed by atoms with Crippen molar-refractivity contribution in [3.63, 3.8) is 0 Å². The van der Waals surface area contributed by atoms with E-state index in [9.17, 15) is 4.79 Å². The van der Waals surface area contributed by atoms with Crippen molar-refractivity contribution in [2.45, 2.75) is 6.92 Å². The molecule has 0 aliphatic heterocycles. The maximum absolute atomic E-state index is 11.1. The number of anilines is 2. The minimum absolute atomic E-state index is 0.0970. The van der Waals surface area contributed by atoms with Crippen LogP contribution >= 0.6 is 27.5 Å². The van der Waals surface area contributed by atoms with Crippen LogP contribution in [0.25, 0.3) is 0 Å². The summed E-state index contributed by atoms with van der Waals surface area (Å²) in [6.45, 7) is 1.68. The quantitative estimate of drug-likeness (QED) is 0.675. The zero-order chi connectivity index (χ0) is 14.7. The maximum Gasteiger partial charge on any atom is 0.156 e. The van der Waals surface area contributed by atoms with Crippen molar-refractivity contribution in [2.75, 3.05) is 5.32 Å². The number of aryl methyl sites for hydroxylation is 1. The first-order valence-electron chi connectivity index (χ1n) is 5.51. The van der Waals surface area contributed by atoms with Gasteiger partial charge < -0.3 is 5.32 Å². The van der Waals surface area contributed by atoms with Crippen LogP contribution in [0.3, 0.4) is 0 Å². The van der Waals surface area contributed by atoms with E-state index in [0.717, 1.165) is 0 Å². The number of hydrogen-bond donors (Lipinski definition) is 1. The Labute approximate surface area is 128 Å². The lowest BCUT2D eigenvalue weighted by atomic mass is 10.2. The summed E-state index contributed by atoms with van der Waals surface area (Å²) in [7, 11) is 0. The van der Waals surface area contributed by atoms with Crippen LogP contribution in [0, 0.1) is 18.3 Å². The fourth-order valence-electron chi connectivity index (χ4n) is 1.56. The van der Waals surface area contributed by atoms with Gasteiger partial charge in [-0.15, -0.1) is 0 Å². The Kier molecular flexibility index (Phi) is 4.32. The molecule has 5 nitrogen and oxygen atoms in total. The van der Waals surface area contributed by atoms with Gasteiger partial charge in [0.2, 0.25) is 0 Å². The van der Waals surface area contributed by atoms with Crippen molar-refractivity contribution in [1.29, 1.82) is 5.26 Å². The standard InChI is InChI=1S/C13H8BrClN4O/c1-7-17-12(15)9(6-20)13(18-7)19-11-3-2-8(5-16)4-10(11)14/h2-4,6H,1H3,(H,17,18,19). The van der Waals surface area contributed by atoms with Gasteiger partial charge in [-0.3, -0.25) is 4.79 Å². The highest BCUT2D eigenvalue weighted by Gasteiger charge is 2.12. The maximum atomic E-state index is 11.1. The van der Waals surface area contributed by atoms with E-state index in [4.69, 9.17) is 16.9 Å². The molecule has 0 fully saturated rings. The number of nitrogens with zero attached hydrogens (tertiary/aromatic N) is 3. The lowest BCUT2D eigenvalue weighted by Crippen LogP contribution is -2.03. The lowest BCUT2D eigenvalue weighted by molar-refractivity contribution is 0.112. The van der Waals surface area contributed by atoms with Crippen LogP contribution < -0.4 is 5.32 Å². The molecule has 0 aliphatic rings. The molecular weight excluding hydrogens is 344 g/mol. The Hall–Kier alpha value is -1.97. The molecule has 0 atom stereocenters. The summed E-state index contributed by atoms with van der Waals surface area (Å²) in [6, 6.07) is 7.07. The second-order valence-electron chi connectivity index (χ2n) is 3.87. The molecule has 2 aromatic rings. The van der Waals surface area contributed by atoms with Gasteiger partial charge in [0, 0.05) is 4.47 Å². The monoisotopic (exact) mass is 350 g/mol. The average molecular weight is 352 g/mol. The molecule has 100 valence electrons. The highest BCUT2D eigenvalue weighted by Crippen LogP contribution is 2.28. The van der Waals surface area contributed by atoms with Crippen molar-refractivity contribution >= 4 is 45.3 Å². The second-order valence-corrected chi connectivity index (χ2v) is 5.09. The second kappa shape index (κ2) is 5.99. The first kappa shape index (κ1) is 14.4. The SMILES string of the molecule is Cc1nc(Cl)c(C=O)c(Nc2ccc(C#N)cc2Br)n1. The molecule has 1 N–H and O–H groups in total. The number of nitrogens with one attached hydrogen (secondary N) is 1. The van der Waals surface area contributed by atoms with Crippen LogP contribution in [-0.2, 0) is 0 Å². The average Bonchev–Trinajstić information content (AvgIpc) is 2.40. The largest absolute Gasteiger partial charge is 0.339 e. The first-order chi connectivity index (χ1) is 9.55. The van der Waals surface area contributed by atoms with Gasteiger partial charge in [-0.05, 0) is 41.1 Å². The predicted molar refractivity (Wildman–Crippen MR) is 79.3 cm³/mol. The summed E-state index contributed by atoms with van der Waals surface area (Å²) < 4.78 is 0.681. The van der Waals surface area contributed by atoms with Gasteiger partial charge in [-0.2, -0.15) is 5.26 Å². The normalized spacial score (nSPS) is 9.90. The topological polar surface area (TPSA) is 78.7 Å². The number of aromatic nitrogens is 2. The van der Waals surface area contributed by atoms with E-state index in [2.05, 4.69) is 31.2 Å². The lowest BCUT2D eigenvalue weighted by Gasteiger charge is -2.11. The number of aldehydes is 1. The Morgan fingerprint density at radius 1 is 1.45 bits per heavy atom. The van der Waals surface area contributed by atoms with Gasteiger partial charge in [0.05, 0.1) is 22.9 Å². The molecule has 1 aromatic carbocycles. The fraction of sp³-hybridized carbons (Fsp3) is 0.0769. The Bertz CT molecular complexity index is 727. The van der Waals surface area contributed by atoms with Crippen LogP contribution in [0.5, 0.6) is 0 Å². The molecule has 0 amide bonds. The summed E-state index contributed by atoms with van der Waals surface area (Å²) in [5, 5.41) is 11.9. The van der Waals surface area contributed by atoms with E-state index in [1.54, 1.807) is 25.1 Å². The third-order valence-corrected chi connectivity index (χ3v) is 3.42. The molecule has 1 heterocycles. The molecule has 0 saturated heterocycles. The number of benzene rings is 1. The molecule has 20 heavy (non-hydrogen) atoms. The van der Waals surface area contributed by atoms with Gasteiger partial charge >= 0.3 is 0 Å². The number of carbonyl (C=O) groups is 1. The van der Waals surface area contributed by atoms with E-state index in [-0.39, 0.29) is 10.7 Å². The number of nitriles is 1. The minimum atomic E-state index is 0.0970. The molecular formula is C13H8BrClN4O. The number of rotatable bonds is 3. The third kappa shape index (κ3) is 2.95. The van der Waals surface area contributed by atoms with Gasteiger partial charge in [0.25, 0.3) is 0 Å². The number of halogens is 2. The van der Waals surface area contributed by atoms with Crippen LogP contribution in [0.15, 0.2) is 22.7 Å². The summed E-state index contributed by atoms with van der Waals surface area (Å²) in [6.07, 6.45) is 0.599. The van der Waals surface area contributed by atoms with Gasteiger partial charge in [-0.1, -0.05) is 11.6 Å². The number of carbonyl (C=O) groups excluding carboxylic acids is 1. The molecule has 0 radical (unpaired) electrons. The molecule has 0 saturated carbocycles. The zero-order valence-corrected chi connectivity index (χ0v) is 12.7. The van der Waals surface area contributed by atoms with Gasteiger partial charge in [-0.25, -0.2) is 9.97 Å². The highest BCUT2D eigenvalue weighted by molar-refractivity contribution is 9.10. The molecule has 2 rings (SSSR count). The number of hydrogen-bond acceptors (Lipinski definition) is 5. The Morgan fingerprint density at radius 3 is 2.80 bits per heavy atom. The zero-order valence-electron chi connectivity index (χ0n) is 10.3. The van der Waals surface area contributed by atoms with E-state index in [1.165, 1.54) is 0 Å². The summed E-state index contributed by atoms with van der Waals surface area (Å²) in [5.41, 5.74) is 1.38. The smallest absolute Gasteiger partial charge is 0.156 e.